The Morgan fingerprint density at radius 3 is 2.79 bits per heavy atom. The van der Waals surface area contributed by atoms with Crippen LogP contribution in [0, 0.1) is 6.92 Å². The number of hydrogen-bond donors (Lipinski definition) is 1. The summed E-state index contributed by atoms with van der Waals surface area (Å²) in [5.41, 5.74) is 0.461. The van der Waals surface area contributed by atoms with Crippen molar-refractivity contribution in [2.45, 2.75) is 35.9 Å². The summed E-state index contributed by atoms with van der Waals surface area (Å²) >= 11 is 1.33. The summed E-state index contributed by atoms with van der Waals surface area (Å²) in [5.74, 6) is 0.837. The van der Waals surface area contributed by atoms with E-state index in [9.17, 15) is 13.2 Å². The van der Waals surface area contributed by atoms with Gasteiger partial charge in [-0.3, -0.25) is 4.79 Å². The Morgan fingerprint density at radius 1 is 1.38 bits per heavy atom. The second-order valence-electron chi connectivity index (χ2n) is 5.77. The highest BCUT2D eigenvalue weighted by molar-refractivity contribution is 7.99. The number of thioether (sulfide) groups is 1. The lowest BCUT2D eigenvalue weighted by atomic mass is 10.3. The molecule has 7 nitrogen and oxygen atoms in total. The van der Waals surface area contributed by atoms with Crippen LogP contribution in [0.5, 0.6) is 0 Å². The topological polar surface area (TPSA) is 94.0 Å². The Morgan fingerprint density at radius 2 is 2.12 bits per heavy atom. The van der Waals surface area contributed by atoms with Crippen molar-refractivity contribution in [1.29, 1.82) is 0 Å². The largest absolute Gasteiger partial charge is 0.325 e. The summed E-state index contributed by atoms with van der Waals surface area (Å²) in [4.78, 5) is 12.3. The molecule has 3 rings (SSSR count). The molecule has 1 saturated carbocycles. The molecule has 24 heavy (non-hydrogen) atoms. The van der Waals surface area contributed by atoms with Gasteiger partial charge in [-0.05, 0) is 38.0 Å². The molecule has 2 aromatic rings. The van der Waals surface area contributed by atoms with E-state index in [4.69, 9.17) is 0 Å². The number of hydrogen-bond acceptors (Lipinski definition) is 6. The molecule has 1 aromatic carbocycles. The predicted molar refractivity (Wildman–Crippen MR) is 91.9 cm³/mol. The molecule has 1 amide bonds. The van der Waals surface area contributed by atoms with Crippen molar-refractivity contribution in [3.05, 3.63) is 30.1 Å². The van der Waals surface area contributed by atoms with Gasteiger partial charge in [-0.15, -0.1) is 10.2 Å². The van der Waals surface area contributed by atoms with Crippen molar-refractivity contribution < 1.29 is 13.2 Å². The van der Waals surface area contributed by atoms with Gasteiger partial charge in [0.1, 0.15) is 5.82 Å². The van der Waals surface area contributed by atoms with E-state index < -0.39 is 9.84 Å². The van der Waals surface area contributed by atoms with E-state index in [2.05, 4.69) is 20.1 Å². The Bertz CT molecular complexity index is 873. The van der Waals surface area contributed by atoms with E-state index >= 15 is 0 Å². The van der Waals surface area contributed by atoms with E-state index in [-0.39, 0.29) is 16.6 Å². The third-order valence-electron chi connectivity index (χ3n) is 3.63. The molecule has 0 bridgehead atoms. The predicted octanol–water partition coefficient (Wildman–Crippen LogP) is 2.06. The van der Waals surface area contributed by atoms with Gasteiger partial charge in [-0.25, -0.2) is 8.42 Å². The van der Waals surface area contributed by atoms with Crippen molar-refractivity contribution in [2.24, 2.45) is 0 Å². The smallest absolute Gasteiger partial charge is 0.234 e. The van der Waals surface area contributed by atoms with E-state index in [1.807, 2.05) is 6.92 Å². The number of nitrogens with one attached hydrogen (secondary N) is 1. The van der Waals surface area contributed by atoms with Crippen LogP contribution < -0.4 is 5.32 Å². The molecule has 1 heterocycles. The Balaban J connectivity index is 1.62. The number of rotatable bonds is 6. The van der Waals surface area contributed by atoms with Gasteiger partial charge in [0.05, 0.1) is 10.6 Å². The average molecular weight is 366 g/mol. The Labute approximate surface area is 144 Å². The van der Waals surface area contributed by atoms with Crippen LogP contribution in [-0.2, 0) is 14.6 Å². The minimum Gasteiger partial charge on any atom is -0.325 e. The second kappa shape index (κ2) is 6.56. The van der Waals surface area contributed by atoms with Gasteiger partial charge in [0.15, 0.2) is 15.0 Å². The molecule has 0 atom stereocenters. The fourth-order valence-corrected chi connectivity index (χ4v) is 3.85. The molecule has 128 valence electrons. The average Bonchev–Trinajstić information content (AvgIpc) is 3.28. The minimum atomic E-state index is -3.30. The maximum absolute atomic E-state index is 12.1. The van der Waals surface area contributed by atoms with Crippen molar-refractivity contribution in [3.8, 4) is 0 Å². The quantitative estimate of drug-likeness (QED) is 0.787. The lowest BCUT2D eigenvalue weighted by Crippen LogP contribution is -2.15. The van der Waals surface area contributed by atoms with Crippen LogP contribution in [0.3, 0.4) is 0 Å². The molecule has 0 aliphatic heterocycles. The van der Waals surface area contributed by atoms with Crippen LogP contribution in [0.4, 0.5) is 5.69 Å². The van der Waals surface area contributed by atoms with Gasteiger partial charge in [-0.1, -0.05) is 17.8 Å². The maximum Gasteiger partial charge on any atom is 0.234 e. The first-order valence-corrected chi connectivity index (χ1v) is 10.4. The number of aromatic nitrogens is 3. The highest BCUT2D eigenvalue weighted by atomic mass is 32.2. The standard InChI is InChI=1S/C15H18N4O3S2/c1-10-17-18-15(19(10)12-6-7-12)23-9-14(20)16-11-4-3-5-13(8-11)24(2,21)22/h3-5,8,12H,6-7,9H2,1-2H3,(H,16,20). The third kappa shape index (κ3) is 3.96. The van der Waals surface area contributed by atoms with E-state index in [0.29, 0.717) is 11.7 Å². The molecular weight excluding hydrogens is 348 g/mol. The molecule has 9 heteroatoms. The maximum atomic E-state index is 12.1. The van der Waals surface area contributed by atoms with Gasteiger partial charge in [0.2, 0.25) is 5.91 Å². The number of sulfone groups is 1. The van der Waals surface area contributed by atoms with Crippen LogP contribution in [0.1, 0.15) is 24.7 Å². The van der Waals surface area contributed by atoms with Crippen LogP contribution >= 0.6 is 11.8 Å². The summed E-state index contributed by atoms with van der Waals surface area (Å²) < 4.78 is 25.2. The first kappa shape index (κ1) is 17.0. The molecule has 1 fully saturated rings. The first-order valence-electron chi connectivity index (χ1n) is 7.49. The lowest BCUT2D eigenvalue weighted by Gasteiger charge is -2.08. The number of carbonyl (C=O) groups excluding carboxylic acids is 1. The van der Waals surface area contributed by atoms with Gasteiger partial charge < -0.3 is 9.88 Å². The van der Waals surface area contributed by atoms with Gasteiger partial charge in [-0.2, -0.15) is 0 Å². The normalized spacial score (nSPS) is 14.6. The van der Waals surface area contributed by atoms with Gasteiger partial charge >= 0.3 is 0 Å². The molecular formula is C15H18N4O3S2. The molecule has 0 saturated heterocycles. The lowest BCUT2D eigenvalue weighted by molar-refractivity contribution is -0.113. The zero-order valence-corrected chi connectivity index (χ0v) is 15.0. The second-order valence-corrected chi connectivity index (χ2v) is 8.73. The molecule has 0 spiro atoms. The first-order chi connectivity index (χ1) is 11.3. The van der Waals surface area contributed by atoms with Crippen LogP contribution in [0.25, 0.3) is 0 Å². The van der Waals surface area contributed by atoms with Crippen molar-refractivity contribution >= 4 is 33.2 Å². The molecule has 1 N–H and O–H groups in total. The molecule has 0 unspecified atom stereocenters. The monoisotopic (exact) mass is 366 g/mol. The number of carbonyl (C=O) groups is 1. The van der Waals surface area contributed by atoms with Crippen molar-refractivity contribution in [1.82, 2.24) is 14.8 Å². The number of amides is 1. The van der Waals surface area contributed by atoms with Crippen LogP contribution in [0.15, 0.2) is 34.3 Å². The highest BCUT2D eigenvalue weighted by Crippen LogP contribution is 2.38. The van der Waals surface area contributed by atoms with E-state index in [0.717, 1.165) is 30.1 Å². The van der Waals surface area contributed by atoms with Crippen LogP contribution in [-0.4, -0.2) is 41.1 Å². The summed E-state index contributed by atoms with van der Waals surface area (Å²) in [5, 5.41) is 11.7. The fourth-order valence-electron chi connectivity index (χ4n) is 2.33. The number of nitrogens with zero attached hydrogens (tertiary/aromatic N) is 3. The summed E-state index contributed by atoms with van der Waals surface area (Å²) in [6.07, 6.45) is 3.38. The zero-order chi connectivity index (χ0) is 17.3. The Hall–Kier alpha value is -1.87. The fraction of sp³-hybridized carbons (Fsp3) is 0.400. The SMILES string of the molecule is Cc1nnc(SCC(=O)Nc2cccc(S(C)(=O)=O)c2)n1C1CC1. The minimum absolute atomic E-state index is 0.178. The van der Waals surface area contributed by atoms with Gasteiger partial charge in [0, 0.05) is 18.0 Å². The molecule has 0 radical (unpaired) electrons. The molecule has 1 aliphatic rings. The highest BCUT2D eigenvalue weighted by Gasteiger charge is 2.28. The number of anilines is 1. The summed E-state index contributed by atoms with van der Waals surface area (Å²) in [6, 6.07) is 6.67. The van der Waals surface area contributed by atoms with E-state index in [1.54, 1.807) is 12.1 Å². The summed E-state index contributed by atoms with van der Waals surface area (Å²) in [7, 11) is -3.30. The third-order valence-corrected chi connectivity index (χ3v) is 5.68. The molecule has 1 aliphatic carbocycles. The number of benzene rings is 1. The number of aryl methyl sites for hydroxylation is 1. The van der Waals surface area contributed by atoms with Crippen molar-refractivity contribution in [2.75, 3.05) is 17.3 Å². The van der Waals surface area contributed by atoms with Crippen LogP contribution in [0.2, 0.25) is 0 Å². The zero-order valence-electron chi connectivity index (χ0n) is 13.4. The Kier molecular flexibility index (Phi) is 4.64. The van der Waals surface area contributed by atoms with Crippen molar-refractivity contribution in [3.63, 3.8) is 0 Å². The molecule has 1 aromatic heterocycles. The van der Waals surface area contributed by atoms with Gasteiger partial charge in [0.25, 0.3) is 0 Å². The summed E-state index contributed by atoms with van der Waals surface area (Å²) in [6.45, 7) is 1.91. The van der Waals surface area contributed by atoms with E-state index in [1.165, 1.54) is 23.9 Å².